The van der Waals surface area contributed by atoms with Crippen molar-refractivity contribution in [2.75, 3.05) is 19.5 Å². The van der Waals surface area contributed by atoms with E-state index in [1.165, 1.54) is 12.1 Å². The number of carbonyl (C=O) groups excluding carboxylic acids is 1. The van der Waals surface area contributed by atoms with Gasteiger partial charge in [0.15, 0.2) is 0 Å². The number of amides is 1. The van der Waals surface area contributed by atoms with Crippen LogP contribution < -0.4 is 19.5 Å². The van der Waals surface area contributed by atoms with Gasteiger partial charge in [-0.1, -0.05) is 0 Å². The van der Waals surface area contributed by atoms with Crippen LogP contribution >= 0.6 is 0 Å². The Balaban J connectivity index is 1.81. The Morgan fingerprint density at radius 1 is 1.03 bits per heavy atom. The van der Waals surface area contributed by atoms with Crippen LogP contribution in [0.3, 0.4) is 0 Å². The van der Waals surface area contributed by atoms with E-state index < -0.39 is 10.0 Å². The second kappa shape index (κ2) is 8.14. The predicted octanol–water partition coefficient (Wildman–Crippen LogP) is 3.12. The molecule has 2 aromatic carbocycles. The van der Waals surface area contributed by atoms with Crippen molar-refractivity contribution in [1.82, 2.24) is 9.71 Å². The summed E-state index contributed by atoms with van der Waals surface area (Å²) in [6.07, 6.45) is 0. The molecule has 1 amide bonds. The standard InChI is InChI=1S/C20H23N3O5S/c1-12(2)23-29(25,26)16-7-5-14(6-8-16)21-20(24)17-10-13-9-15(27-3)11-18(28-4)19(13)22-17/h5-12,22-23H,1-4H3,(H,21,24). The number of ether oxygens (including phenoxy) is 2. The number of carbonyl (C=O) groups is 1. The molecule has 0 bridgehead atoms. The van der Waals surface area contributed by atoms with Crippen molar-refractivity contribution < 1.29 is 22.7 Å². The molecule has 3 N–H and O–H groups in total. The largest absolute Gasteiger partial charge is 0.497 e. The summed E-state index contributed by atoms with van der Waals surface area (Å²) < 4.78 is 37.5. The minimum Gasteiger partial charge on any atom is -0.497 e. The molecule has 3 rings (SSSR count). The fraction of sp³-hybridized carbons (Fsp3) is 0.250. The molecule has 154 valence electrons. The van der Waals surface area contributed by atoms with Gasteiger partial charge in [-0.05, 0) is 50.2 Å². The summed E-state index contributed by atoms with van der Waals surface area (Å²) in [5, 5.41) is 3.52. The van der Waals surface area contributed by atoms with E-state index in [4.69, 9.17) is 9.47 Å². The molecule has 0 radical (unpaired) electrons. The lowest BCUT2D eigenvalue weighted by Gasteiger charge is -2.10. The van der Waals surface area contributed by atoms with Crippen molar-refractivity contribution in [2.45, 2.75) is 24.8 Å². The first-order valence-corrected chi connectivity index (χ1v) is 10.4. The van der Waals surface area contributed by atoms with Crippen LogP contribution in [0, 0.1) is 0 Å². The molecule has 3 aromatic rings. The van der Waals surface area contributed by atoms with Crippen LogP contribution in [-0.4, -0.2) is 39.6 Å². The Morgan fingerprint density at radius 2 is 1.72 bits per heavy atom. The topological polar surface area (TPSA) is 110 Å². The monoisotopic (exact) mass is 417 g/mol. The summed E-state index contributed by atoms with van der Waals surface area (Å²) in [4.78, 5) is 15.8. The molecule has 9 heteroatoms. The molecule has 0 saturated heterocycles. The smallest absolute Gasteiger partial charge is 0.272 e. The quantitative estimate of drug-likeness (QED) is 0.547. The van der Waals surface area contributed by atoms with E-state index in [0.717, 1.165) is 5.39 Å². The number of hydrogen-bond acceptors (Lipinski definition) is 5. The molecule has 1 aromatic heterocycles. The SMILES string of the molecule is COc1cc(OC)c2[nH]c(C(=O)Nc3ccc(S(=O)(=O)NC(C)C)cc3)cc2c1. The molecular weight excluding hydrogens is 394 g/mol. The first kappa shape index (κ1) is 20.7. The lowest BCUT2D eigenvalue weighted by Crippen LogP contribution is -2.30. The summed E-state index contributed by atoms with van der Waals surface area (Å²) in [5.41, 5.74) is 1.49. The number of H-pyrrole nitrogens is 1. The highest BCUT2D eigenvalue weighted by atomic mass is 32.2. The van der Waals surface area contributed by atoms with Crippen LogP contribution in [0.1, 0.15) is 24.3 Å². The minimum absolute atomic E-state index is 0.131. The Morgan fingerprint density at radius 3 is 2.31 bits per heavy atom. The zero-order valence-corrected chi connectivity index (χ0v) is 17.4. The Bertz CT molecular complexity index is 1130. The Labute approximate surface area is 169 Å². The van der Waals surface area contributed by atoms with Crippen molar-refractivity contribution >= 4 is 32.5 Å². The normalized spacial score (nSPS) is 11.6. The summed E-state index contributed by atoms with van der Waals surface area (Å²) in [5.74, 6) is 0.816. The van der Waals surface area contributed by atoms with Crippen molar-refractivity contribution in [3.63, 3.8) is 0 Å². The average Bonchev–Trinajstić information content (AvgIpc) is 3.11. The fourth-order valence-electron chi connectivity index (χ4n) is 2.88. The first-order chi connectivity index (χ1) is 13.7. The molecule has 0 aliphatic rings. The number of aromatic amines is 1. The second-order valence-corrected chi connectivity index (χ2v) is 8.45. The van der Waals surface area contributed by atoms with Crippen LogP contribution in [0.4, 0.5) is 5.69 Å². The fourth-order valence-corrected chi connectivity index (χ4v) is 4.13. The average molecular weight is 417 g/mol. The number of anilines is 1. The van der Waals surface area contributed by atoms with Gasteiger partial charge in [-0.3, -0.25) is 4.79 Å². The summed E-state index contributed by atoms with van der Waals surface area (Å²) in [7, 11) is -0.486. The van der Waals surface area contributed by atoms with Gasteiger partial charge in [0.2, 0.25) is 10.0 Å². The van der Waals surface area contributed by atoms with E-state index in [9.17, 15) is 13.2 Å². The molecular formula is C20H23N3O5S. The van der Waals surface area contributed by atoms with Crippen LogP contribution in [0.5, 0.6) is 11.5 Å². The zero-order chi connectivity index (χ0) is 21.2. The summed E-state index contributed by atoms with van der Waals surface area (Å²) >= 11 is 0. The van der Waals surface area contributed by atoms with Gasteiger partial charge < -0.3 is 19.8 Å². The molecule has 0 aliphatic carbocycles. The van der Waals surface area contributed by atoms with Crippen LogP contribution in [0.15, 0.2) is 47.4 Å². The third-order valence-corrected chi connectivity index (χ3v) is 5.85. The van der Waals surface area contributed by atoms with Gasteiger partial charge in [0.25, 0.3) is 5.91 Å². The summed E-state index contributed by atoms with van der Waals surface area (Å²) in [6.45, 7) is 3.49. The Hall–Kier alpha value is -3.04. The molecule has 29 heavy (non-hydrogen) atoms. The molecule has 0 unspecified atom stereocenters. The number of hydrogen-bond donors (Lipinski definition) is 3. The van der Waals surface area contributed by atoms with Crippen molar-refractivity contribution in [1.29, 1.82) is 0 Å². The van der Waals surface area contributed by atoms with Gasteiger partial charge >= 0.3 is 0 Å². The zero-order valence-electron chi connectivity index (χ0n) is 16.6. The number of fused-ring (bicyclic) bond motifs is 1. The number of aromatic nitrogens is 1. The van der Waals surface area contributed by atoms with E-state index in [1.54, 1.807) is 58.4 Å². The molecule has 0 fully saturated rings. The van der Waals surface area contributed by atoms with E-state index in [2.05, 4.69) is 15.0 Å². The van der Waals surface area contributed by atoms with Crippen LogP contribution in [0.25, 0.3) is 10.9 Å². The van der Waals surface area contributed by atoms with Crippen molar-refractivity contribution in [2.24, 2.45) is 0 Å². The van der Waals surface area contributed by atoms with Gasteiger partial charge in [-0.15, -0.1) is 0 Å². The van der Waals surface area contributed by atoms with Gasteiger partial charge in [-0.2, -0.15) is 0 Å². The molecule has 0 aliphatic heterocycles. The molecule has 0 atom stereocenters. The number of methoxy groups -OCH3 is 2. The maximum absolute atomic E-state index is 12.6. The number of benzene rings is 2. The van der Waals surface area contributed by atoms with Crippen LogP contribution in [0.2, 0.25) is 0 Å². The second-order valence-electron chi connectivity index (χ2n) is 6.73. The third kappa shape index (κ3) is 4.52. The minimum atomic E-state index is -3.58. The van der Waals surface area contributed by atoms with Gasteiger partial charge in [0.1, 0.15) is 17.2 Å². The first-order valence-electron chi connectivity index (χ1n) is 8.92. The lowest BCUT2D eigenvalue weighted by molar-refractivity contribution is 0.102. The molecule has 1 heterocycles. The van der Waals surface area contributed by atoms with E-state index in [1.807, 2.05) is 0 Å². The number of rotatable bonds is 7. The Kier molecular flexibility index (Phi) is 5.81. The van der Waals surface area contributed by atoms with Gasteiger partial charge in [0.05, 0.1) is 24.6 Å². The summed E-state index contributed by atoms with van der Waals surface area (Å²) in [6, 6.07) is 11.0. The van der Waals surface area contributed by atoms with E-state index in [-0.39, 0.29) is 16.8 Å². The van der Waals surface area contributed by atoms with E-state index in [0.29, 0.717) is 28.4 Å². The van der Waals surface area contributed by atoms with Gasteiger partial charge in [0, 0.05) is 23.2 Å². The van der Waals surface area contributed by atoms with Crippen molar-refractivity contribution in [3.05, 3.63) is 48.2 Å². The molecule has 0 saturated carbocycles. The maximum Gasteiger partial charge on any atom is 0.272 e. The lowest BCUT2D eigenvalue weighted by atomic mass is 10.2. The van der Waals surface area contributed by atoms with Gasteiger partial charge in [-0.25, -0.2) is 13.1 Å². The number of sulfonamides is 1. The third-order valence-electron chi connectivity index (χ3n) is 4.18. The highest BCUT2D eigenvalue weighted by Gasteiger charge is 2.17. The van der Waals surface area contributed by atoms with Crippen molar-refractivity contribution in [3.8, 4) is 11.5 Å². The predicted molar refractivity (Wildman–Crippen MR) is 111 cm³/mol. The highest BCUT2D eigenvalue weighted by molar-refractivity contribution is 7.89. The highest BCUT2D eigenvalue weighted by Crippen LogP contribution is 2.31. The van der Waals surface area contributed by atoms with E-state index >= 15 is 0 Å². The van der Waals surface area contributed by atoms with Crippen LogP contribution in [-0.2, 0) is 10.0 Å². The molecule has 0 spiro atoms. The number of nitrogens with one attached hydrogen (secondary N) is 3. The maximum atomic E-state index is 12.6. The molecule has 8 nitrogen and oxygen atoms in total.